The summed E-state index contributed by atoms with van der Waals surface area (Å²) >= 11 is 0. The van der Waals surface area contributed by atoms with Crippen molar-refractivity contribution in [3.63, 3.8) is 0 Å². The Balaban J connectivity index is 2.14. The third-order valence-corrected chi connectivity index (χ3v) is 3.19. The number of hydrogen-bond donors (Lipinski definition) is 1. The molecule has 1 N–H and O–H groups in total. The predicted octanol–water partition coefficient (Wildman–Crippen LogP) is 2.62. The molecule has 3 heteroatoms. The van der Waals surface area contributed by atoms with E-state index in [-0.39, 0.29) is 17.5 Å². The molecule has 86 valence electrons. The van der Waals surface area contributed by atoms with Crippen molar-refractivity contribution in [2.24, 2.45) is 5.92 Å². The number of halogens is 1. The van der Waals surface area contributed by atoms with Gasteiger partial charge in [0.15, 0.2) is 0 Å². The maximum Gasteiger partial charge on any atom is 0.138 e. The lowest BCUT2D eigenvalue weighted by Crippen LogP contribution is -2.25. The maximum absolute atomic E-state index is 12.7. The minimum atomic E-state index is -0.784. The summed E-state index contributed by atoms with van der Waals surface area (Å²) in [6, 6.07) is 5.71. The molecule has 2 nitrogen and oxygen atoms in total. The molecule has 2 atom stereocenters. The highest BCUT2D eigenvalue weighted by atomic mass is 19.1. The Kier molecular flexibility index (Phi) is 3.34. The van der Waals surface area contributed by atoms with Crippen LogP contribution in [0.15, 0.2) is 24.3 Å². The van der Waals surface area contributed by atoms with Crippen LogP contribution in [0, 0.1) is 11.7 Å². The largest absolute Gasteiger partial charge is 0.388 e. The van der Waals surface area contributed by atoms with E-state index in [0.717, 1.165) is 19.3 Å². The standard InChI is InChI=1S/C13H15FO2/c14-10-7-5-9(6-8-10)13(16)11-3-1-2-4-12(11)15/h5-8,11,13,16H,1-4H2/t11?,13-/m0/s1. The van der Waals surface area contributed by atoms with Crippen molar-refractivity contribution in [3.05, 3.63) is 35.6 Å². The minimum Gasteiger partial charge on any atom is -0.388 e. The fourth-order valence-corrected chi connectivity index (χ4v) is 2.24. The van der Waals surface area contributed by atoms with Gasteiger partial charge in [0.05, 0.1) is 6.10 Å². The molecule has 0 heterocycles. The average molecular weight is 222 g/mol. The predicted molar refractivity (Wildman–Crippen MR) is 58.3 cm³/mol. The summed E-state index contributed by atoms with van der Waals surface area (Å²) < 4.78 is 12.7. The zero-order chi connectivity index (χ0) is 11.5. The number of hydrogen-bond acceptors (Lipinski definition) is 2. The van der Waals surface area contributed by atoms with Gasteiger partial charge in [-0.05, 0) is 30.5 Å². The summed E-state index contributed by atoms with van der Waals surface area (Å²) in [4.78, 5) is 11.6. The first kappa shape index (κ1) is 11.3. The van der Waals surface area contributed by atoms with Gasteiger partial charge in [-0.15, -0.1) is 0 Å². The van der Waals surface area contributed by atoms with Crippen molar-refractivity contribution in [1.29, 1.82) is 0 Å². The quantitative estimate of drug-likeness (QED) is 0.835. The number of Topliss-reactive ketones (excluding diaryl/α,β-unsaturated/α-hetero) is 1. The van der Waals surface area contributed by atoms with E-state index in [2.05, 4.69) is 0 Å². The van der Waals surface area contributed by atoms with Gasteiger partial charge in [-0.1, -0.05) is 18.6 Å². The summed E-state index contributed by atoms with van der Waals surface area (Å²) in [5, 5.41) is 10.1. The monoisotopic (exact) mass is 222 g/mol. The summed E-state index contributed by atoms with van der Waals surface area (Å²) in [5.74, 6) is -0.506. The van der Waals surface area contributed by atoms with Gasteiger partial charge in [-0.3, -0.25) is 4.79 Å². The molecule has 1 aliphatic rings. The molecule has 1 aromatic rings. The van der Waals surface area contributed by atoms with E-state index in [4.69, 9.17) is 0 Å². The fourth-order valence-electron chi connectivity index (χ4n) is 2.24. The van der Waals surface area contributed by atoms with Crippen molar-refractivity contribution in [2.45, 2.75) is 31.8 Å². The molecule has 2 rings (SSSR count). The Morgan fingerprint density at radius 3 is 2.56 bits per heavy atom. The van der Waals surface area contributed by atoms with Gasteiger partial charge in [0.2, 0.25) is 0 Å². The van der Waals surface area contributed by atoms with Crippen LogP contribution in [-0.2, 0) is 4.79 Å². The molecule has 1 aromatic carbocycles. The van der Waals surface area contributed by atoms with Gasteiger partial charge >= 0.3 is 0 Å². The molecule has 0 saturated heterocycles. The zero-order valence-corrected chi connectivity index (χ0v) is 9.03. The van der Waals surface area contributed by atoms with Crippen molar-refractivity contribution < 1.29 is 14.3 Å². The summed E-state index contributed by atoms with van der Waals surface area (Å²) in [7, 11) is 0. The second kappa shape index (κ2) is 4.74. The second-order valence-electron chi connectivity index (χ2n) is 4.31. The van der Waals surface area contributed by atoms with E-state index in [9.17, 15) is 14.3 Å². The third-order valence-electron chi connectivity index (χ3n) is 3.19. The summed E-state index contributed by atoms with van der Waals surface area (Å²) in [5.41, 5.74) is 0.627. The first-order valence-corrected chi connectivity index (χ1v) is 5.65. The first-order chi connectivity index (χ1) is 7.68. The van der Waals surface area contributed by atoms with Gasteiger partial charge < -0.3 is 5.11 Å². The van der Waals surface area contributed by atoms with Gasteiger partial charge in [-0.2, -0.15) is 0 Å². The van der Waals surface area contributed by atoms with Crippen molar-refractivity contribution in [1.82, 2.24) is 0 Å². The summed E-state index contributed by atoms with van der Waals surface area (Å²) in [6.45, 7) is 0. The van der Waals surface area contributed by atoms with Crippen molar-refractivity contribution in [2.75, 3.05) is 0 Å². The molecule has 16 heavy (non-hydrogen) atoms. The third kappa shape index (κ3) is 2.30. The molecule has 1 fully saturated rings. The van der Waals surface area contributed by atoms with Crippen LogP contribution in [0.4, 0.5) is 4.39 Å². The molecule has 0 bridgehead atoms. The van der Waals surface area contributed by atoms with E-state index in [1.807, 2.05) is 0 Å². The Hall–Kier alpha value is -1.22. The molecule has 0 radical (unpaired) electrons. The van der Waals surface area contributed by atoms with Gasteiger partial charge in [-0.25, -0.2) is 4.39 Å². The molecule has 1 saturated carbocycles. The van der Waals surface area contributed by atoms with Crippen LogP contribution in [0.3, 0.4) is 0 Å². The van der Waals surface area contributed by atoms with Crippen LogP contribution in [0.25, 0.3) is 0 Å². The Bertz CT molecular complexity index is 372. The lowest BCUT2D eigenvalue weighted by molar-refractivity contribution is -0.128. The number of carbonyl (C=O) groups is 1. The Morgan fingerprint density at radius 2 is 1.94 bits per heavy atom. The normalized spacial score (nSPS) is 23.1. The highest BCUT2D eigenvalue weighted by molar-refractivity contribution is 5.82. The van der Waals surface area contributed by atoms with Gasteiger partial charge in [0, 0.05) is 12.3 Å². The molecule has 0 amide bonds. The van der Waals surface area contributed by atoms with Crippen LogP contribution >= 0.6 is 0 Å². The van der Waals surface area contributed by atoms with E-state index < -0.39 is 6.10 Å². The van der Waals surface area contributed by atoms with Crippen LogP contribution in [0.1, 0.15) is 37.4 Å². The number of carbonyl (C=O) groups excluding carboxylic acids is 1. The molecule has 0 aromatic heterocycles. The molecule has 1 unspecified atom stereocenters. The maximum atomic E-state index is 12.7. The van der Waals surface area contributed by atoms with Gasteiger partial charge in [0.1, 0.15) is 11.6 Å². The van der Waals surface area contributed by atoms with Crippen molar-refractivity contribution in [3.8, 4) is 0 Å². The van der Waals surface area contributed by atoms with E-state index >= 15 is 0 Å². The molecule has 1 aliphatic carbocycles. The summed E-state index contributed by atoms with van der Waals surface area (Å²) in [6.07, 6.45) is 2.41. The molecular weight excluding hydrogens is 207 g/mol. The van der Waals surface area contributed by atoms with Crippen LogP contribution in [0.5, 0.6) is 0 Å². The molecular formula is C13H15FO2. The average Bonchev–Trinajstić information content (AvgIpc) is 2.30. The topological polar surface area (TPSA) is 37.3 Å². The minimum absolute atomic E-state index is 0.128. The van der Waals surface area contributed by atoms with E-state index in [0.29, 0.717) is 12.0 Å². The number of rotatable bonds is 2. The van der Waals surface area contributed by atoms with E-state index in [1.165, 1.54) is 12.1 Å². The lowest BCUT2D eigenvalue weighted by atomic mass is 9.82. The van der Waals surface area contributed by atoms with Crippen LogP contribution in [0.2, 0.25) is 0 Å². The zero-order valence-electron chi connectivity index (χ0n) is 9.03. The lowest BCUT2D eigenvalue weighted by Gasteiger charge is -2.25. The number of aliphatic hydroxyl groups is 1. The number of ketones is 1. The Morgan fingerprint density at radius 1 is 1.25 bits per heavy atom. The SMILES string of the molecule is O=C1CCCCC1[C@@H](O)c1ccc(F)cc1. The smallest absolute Gasteiger partial charge is 0.138 e. The first-order valence-electron chi connectivity index (χ1n) is 5.65. The van der Waals surface area contributed by atoms with Crippen molar-refractivity contribution >= 4 is 5.78 Å². The highest BCUT2D eigenvalue weighted by Crippen LogP contribution is 2.31. The Labute approximate surface area is 94.1 Å². The second-order valence-corrected chi connectivity index (χ2v) is 4.31. The van der Waals surface area contributed by atoms with Crippen LogP contribution in [-0.4, -0.2) is 10.9 Å². The molecule has 0 aliphatic heterocycles. The fraction of sp³-hybridized carbons (Fsp3) is 0.462. The molecule has 0 spiro atoms. The number of aliphatic hydroxyl groups excluding tert-OH is 1. The highest BCUT2D eigenvalue weighted by Gasteiger charge is 2.29. The van der Waals surface area contributed by atoms with Crippen LogP contribution < -0.4 is 0 Å². The number of benzene rings is 1. The van der Waals surface area contributed by atoms with Gasteiger partial charge in [0.25, 0.3) is 0 Å². The van der Waals surface area contributed by atoms with E-state index in [1.54, 1.807) is 12.1 Å².